The highest BCUT2D eigenvalue weighted by Crippen LogP contribution is 2.25. The molecule has 0 radical (unpaired) electrons. The van der Waals surface area contributed by atoms with Crippen molar-refractivity contribution in [3.8, 4) is 0 Å². The first kappa shape index (κ1) is 26.3. The molecular weight excluding hydrogens is 424 g/mol. The largest absolute Gasteiger partial charge is 0.480 e. The van der Waals surface area contributed by atoms with Crippen molar-refractivity contribution in [2.75, 3.05) is 0 Å². The monoisotopic (exact) mass is 458 g/mol. The summed E-state index contributed by atoms with van der Waals surface area (Å²) in [4.78, 5) is 36.1. The fraction of sp³-hybridized carbons (Fsp3) is 0.480. The Labute approximate surface area is 194 Å². The van der Waals surface area contributed by atoms with Crippen LogP contribution >= 0.6 is 0 Å². The van der Waals surface area contributed by atoms with Gasteiger partial charge in [0.05, 0.1) is 12.1 Å². The van der Waals surface area contributed by atoms with E-state index in [9.17, 15) is 24.6 Å². The molecule has 0 saturated carbocycles. The predicted octanol–water partition coefficient (Wildman–Crippen LogP) is 2.38. The van der Waals surface area contributed by atoms with E-state index in [1.165, 1.54) is 6.92 Å². The molecule has 33 heavy (non-hydrogen) atoms. The zero-order valence-electron chi connectivity index (χ0n) is 19.5. The average molecular weight is 459 g/mol. The summed E-state index contributed by atoms with van der Waals surface area (Å²) in [6.07, 6.45) is -2.01. The van der Waals surface area contributed by atoms with E-state index >= 15 is 0 Å². The Morgan fingerprint density at radius 2 is 1.48 bits per heavy atom. The molecule has 2 rings (SSSR count). The van der Waals surface area contributed by atoms with Gasteiger partial charge in [-0.3, -0.25) is 14.4 Å². The molecule has 0 heterocycles. The van der Waals surface area contributed by atoms with Gasteiger partial charge in [-0.1, -0.05) is 63.2 Å². The molecule has 0 aliphatic heterocycles. The Morgan fingerprint density at radius 1 is 0.848 bits per heavy atom. The number of aliphatic carboxylic acids is 1. The van der Waals surface area contributed by atoms with E-state index < -0.39 is 48.0 Å². The molecule has 8 nitrogen and oxygen atoms in total. The molecule has 180 valence electrons. The maximum atomic E-state index is 12.9. The summed E-state index contributed by atoms with van der Waals surface area (Å²) >= 11 is 0. The summed E-state index contributed by atoms with van der Waals surface area (Å²) in [5.74, 6) is -2.81. The fourth-order valence-electron chi connectivity index (χ4n) is 3.76. The number of carbonyl (C=O) groups is 3. The number of nitrogens with one attached hydrogen (secondary N) is 2. The van der Waals surface area contributed by atoms with Gasteiger partial charge in [0, 0.05) is 5.92 Å². The molecule has 5 atom stereocenters. The first-order valence-electron chi connectivity index (χ1n) is 11.2. The molecule has 0 aliphatic rings. The molecule has 2 aromatic carbocycles. The molecule has 0 aliphatic carbocycles. The van der Waals surface area contributed by atoms with Crippen LogP contribution in [0, 0.1) is 11.8 Å². The Balaban J connectivity index is 2.11. The molecule has 0 fully saturated rings. The van der Waals surface area contributed by atoms with Crippen molar-refractivity contribution >= 4 is 28.6 Å². The lowest BCUT2D eigenvalue weighted by Crippen LogP contribution is -2.48. The number of hydrogen-bond donors (Lipinski definition) is 5. The van der Waals surface area contributed by atoms with Gasteiger partial charge in [0.25, 0.3) is 5.91 Å². The smallest absolute Gasteiger partial charge is 0.325 e. The number of carboxylic acids is 1. The second-order valence-electron chi connectivity index (χ2n) is 8.99. The van der Waals surface area contributed by atoms with Crippen LogP contribution in [-0.4, -0.2) is 51.3 Å². The van der Waals surface area contributed by atoms with Crippen LogP contribution in [0.2, 0.25) is 0 Å². The normalized spacial score (nSPS) is 16.0. The van der Waals surface area contributed by atoms with Crippen molar-refractivity contribution in [1.29, 1.82) is 0 Å². The SMILES string of the molecule is CC(C)CC(NC(=O)C(O)c1cccc2ccccc12)C(O)CC(C)C(=O)NC(C)C(=O)O. The van der Waals surface area contributed by atoms with Crippen LogP contribution in [0.25, 0.3) is 10.8 Å². The Kier molecular flexibility index (Phi) is 9.37. The van der Waals surface area contributed by atoms with E-state index in [1.54, 1.807) is 19.1 Å². The van der Waals surface area contributed by atoms with Crippen LogP contribution in [0.15, 0.2) is 42.5 Å². The number of rotatable bonds is 11. The topological polar surface area (TPSA) is 136 Å². The van der Waals surface area contributed by atoms with E-state index in [-0.39, 0.29) is 12.3 Å². The van der Waals surface area contributed by atoms with E-state index in [0.717, 1.165) is 10.8 Å². The van der Waals surface area contributed by atoms with Gasteiger partial charge in [-0.2, -0.15) is 0 Å². The van der Waals surface area contributed by atoms with Gasteiger partial charge < -0.3 is 26.0 Å². The van der Waals surface area contributed by atoms with Crippen LogP contribution in [0.1, 0.15) is 52.2 Å². The molecule has 2 amide bonds. The predicted molar refractivity (Wildman–Crippen MR) is 125 cm³/mol. The number of hydrogen-bond acceptors (Lipinski definition) is 5. The summed E-state index contributed by atoms with van der Waals surface area (Å²) in [6, 6.07) is 11.1. The van der Waals surface area contributed by atoms with Crippen molar-refractivity contribution in [2.24, 2.45) is 11.8 Å². The standard InChI is InChI=1S/C25H34N2O6/c1-14(2)12-20(21(28)13-15(3)23(30)26-16(4)25(32)33)27-24(31)22(29)19-11-7-9-17-8-5-6-10-18(17)19/h5-11,14-16,20-22,28-29H,12-13H2,1-4H3,(H,26,30)(H,27,31)(H,32,33). The maximum absolute atomic E-state index is 12.9. The Morgan fingerprint density at radius 3 is 2.12 bits per heavy atom. The Bertz CT molecular complexity index is 971. The highest BCUT2D eigenvalue weighted by atomic mass is 16.4. The lowest BCUT2D eigenvalue weighted by atomic mass is 9.92. The van der Waals surface area contributed by atoms with E-state index in [2.05, 4.69) is 10.6 Å². The highest BCUT2D eigenvalue weighted by Gasteiger charge is 2.30. The number of fused-ring (bicyclic) bond motifs is 1. The molecular formula is C25H34N2O6. The summed E-state index contributed by atoms with van der Waals surface area (Å²) < 4.78 is 0. The van der Waals surface area contributed by atoms with E-state index in [4.69, 9.17) is 5.11 Å². The van der Waals surface area contributed by atoms with Gasteiger partial charge in [-0.15, -0.1) is 0 Å². The van der Waals surface area contributed by atoms with Crippen LogP contribution in [0.3, 0.4) is 0 Å². The third kappa shape index (κ3) is 7.27. The molecule has 5 N–H and O–H groups in total. The van der Waals surface area contributed by atoms with Crippen LogP contribution < -0.4 is 10.6 Å². The van der Waals surface area contributed by atoms with Crippen molar-refractivity contribution in [3.05, 3.63) is 48.0 Å². The highest BCUT2D eigenvalue weighted by molar-refractivity contribution is 5.92. The summed E-state index contributed by atoms with van der Waals surface area (Å²) in [6.45, 7) is 6.83. The second-order valence-corrected chi connectivity index (χ2v) is 8.99. The number of aliphatic hydroxyl groups excluding tert-OH is 2. The van der Waals surface area contributed by atoms with Crippen LogP contribution in [-0.2, 0) is 14.4 Å². The number of amides is 2. The van der Waals surface area contributed by atoms with Crippen molar-refractivity contribution < 1.29 is 29.7 Å². The zero-order valence-corrected chi connectivity index (χ0v) is 19.5. The summed E-state index contributed by atoms with van der Waals surface area (Å²) in [7, 11) is 0. The van der Waals surface area contributed by atoms with Crippen LogP contribution in [0.5, 0.6) is 0 Å². The number of carboxylic acid groups (broad SMARTS) is 1. The van der Waals surface area contributed by atoms with Crippen molar-refractivity contribution in [3.63, 3.8) is 0 Å². The number of carbonyl (C=O) groups excluding carboxylic acids is 2. The van der Waals surface area contributed by atoms with Gasteiger partial charge in [-0.25, -0.2) is 0 Å². The number of benzene rings is 2. The van der Waals surface area contributed by atoms with E-state index in [1.807, 2.05) is 44.2 Å². The Hall–Kier alpha value is -2.97. The molecule has 5 unspecified atom stereocenters. The first-order valence-corrected chi connectivity index (χ1v) is 11.2. The lowest BCUT2D eigenvalue weighted by Gasteiger charge is -2.28. The lowest BCUT2D eigenvalue weighted by molar-refractivity contribution is -0.142. The zero-order chi connectivity index (χ0) is 24.7. The number of aliphatic hydroxyl groups is 2. The second kappa shape index (κ2) is 11.8. The molecule has 8 heteroatoms. The van der Waals surface area contributed by atoms with Crippen molar-refractivity contribution in [2.45, 2.75) is 64.8 Å². The summed E-state index contributed by atoms with van der Waals surface area (Å²) in [5, 5.41) is 37.3. The van der Waals surface area contributed by atoms with Crippen LogP contribution in [0.4, 0.5) is 0 Å². The molecule has 0 aromatic heterocycles. The fourth-order valence-corrected chi connectivity index (χ4v) is 3.76. The van der Waals surface area contributed by atoms with Gasteiger partial charge in [0.15, 0.2) is 6.10 Å². The first-order chi connectivity index (χ1) is 15.5. The minimum absolute atomic E-state index is 0.0280. The van der Waals surface area contributed by atoms with Gasteiger partial charge in [-0.05, 0) is 42.0 Å². The minimum Gasteiger partial charge on any atom is -0.480 e. The maximum Gasteiger partial charge on any atom is 0.325 e. The third-order valence-corrected chi connectivity index (χ3v) is 5.66. The molecule has 2 aromatic rings. The summed E-state index contributed by atoms with van der Waals surface area (Å²) in [5.41, 5.74) is 0.471. The van der Waals surface area contributed by atoms with Gasteiger partial charge in [0.1, 0.15) is 6.04 Å². The molecule has 0 spiro atoms. The quantitative estimate of drug-likeness (QED) is 0.351. The third-order valence-electron chi connectivity index (χ3n) is 5.66. The molecule has 0 bridgehead atoms. The van der Waals surface area contributed by atoms with Gasteiger partial charge in [0.2, 0.25) is 5.91 Å². The molecule has 0 saturated heterocycles. The van der Waals surface area contributed by atoms with Crippen molar-refractivity contribution in [1.82, 2.24) is 10.6 Å². The van der Waals surface area contributed by atoms with Gasteiger partial charge >= 0.3 is 5.97 Å². The van der Waals surface area contributed by atoms with E-state index in [0.29, 0.717) is 12.0 Å². The average Bonchev–Trinajstić information content (AvgIpc) is 2.77. The minimum atomic E-state index is -1.42.